The molecule has 3 rings (SSSR count). The fourth-order valence-electron chi connectivity index (χ4n) is 2.99. The van der Waals surface area contributed by atoms with Crippen molar-refractivity contribution in [1.29, 1.82) is 0 Å². The maximum Gasteiger partial charge on any atom is 0.273 e. The lowest BCUT2D eigenvalue weighted by Crippen LogP contribution is -2.21. The number of aliphatic hydroxyl groups excluding tert-OH is 1. The lowest BCUT2D eigenvalue weighted by molar-refractivity contribution is 0.0956. The summed E-state index contributed by atoms with van der Waals surface area (Å²) in [6.45, 7) is 2.20. The number of halogens is 1. The van der Waals surface area contributed by atoms with Crippen LogP contribution in [0.2, 0.25) is 0 Å². The smallest absolute Gasteiger partial charge is 0.273 e. The Morgan fingerprint density at radius 1 is 1.03 bits per heavy atom. The highest BCUT2D eigenvalue weighted by molar-refractivity contribution is 9.10. The number of carbonyl (C=O) groups excluding carboxylic acids is 2. The molecule has 0 bridgehead atoms. The van der Waals surface area contributed by atoms with Gasteiger partial charge in [0.15, 0.2) is 0 Å². The molecule has 0 aliphatic carbocycles. The molecule has 3 N–H and O–H groups in total. The standard InChI is InChI=1S/C26H26BrN3O3S/c1-18-3-5-19(6-4-18)16-28-30-26(33)23-15-22(27)11-12-24(23)29-25(32)21-9-7-20(8-10-21)17-34-14-2-13-31/h3-12,15-16,31H,2,13-14,17H2,1H3,(H,29,32)(H,30,33). The van der Waals surface area contributed by atoms with Crippen molar-refractivity contribution in [3.63, 3.8) is 0 Å². The van der Waals surface area contributed by atoms with Crippen molar-refractivity contribution in [2.45, 2.75) is 19.1 Å². The number of rotatable bonds is 10. The van der Waals surface area contributed by atoms with Crippen LogP contribution in [0.15, 0.2) is 76.3 Å². The lowest BCUT2D eigenvalue weighted by atomic mass is 10.1. The molecule has 3 aromatic rings. The number of aliphatic hydroxyl groups is 1. The van der Waals surface area contributed by atoms with Crippen molar-refractivity contribution < 1.29 is 14.7 Å². The van der Waals surface area contributed by atoms with Crippen LogP contribution < -0.4 is 10.7 Å². The molecule has 0 atom stereocenters. The highest BCUT2D eigenvalue weighted by atomic mass is 79.9. The van der Waals surface area contributed by atoms with Gasteiger partial charge >= 0.3 is 0 Å². The monoisotopic (exact) mass is 539 g/mol. The third-order valence-corrected chi connectivity index (χ3v) is 6.47. The van der Waals surface area contributed by atoms with Crippen LogP contribution in [-0.4, -0.2) is 35.5 Å². The minimum absolute atomic E-state index is 0.196. The van der Waals surface area contributed by atoms with E-state index in [9.17, 15) is 9.59 Å². The maximum atomic E-state index is 12.8. The summed E-state index contributed by atoms with van der Waals surface area (Å²) >= 11 is 5.12. The molecule has 0 saturated heterocycles. The largest absolute Gasteiger partial charge is 0.396 e. The lowest BCUT2D eigenvalue weighted by Gasteiger charge is -2.11. The van der Waals surface area contributed by atoms with Gasteiger partial charge in [0.25, 0.3) is 11.8 Å². The van der Waals surface area contributed by atoms with Crippen LogP contribution in [0.3, 0.4) is 0 Å². The molecule has 0 spiro atoms. The number of carbonyl (C=O) groups is 2. The zero-order valence-electron chi connectivity index (χ0n) is 18.8. The molecule has 0 aromatic heterocycles. The number of benzene rings is 3. The van der Waals surface area contributed by atoms with Gasteiger partial charge in [-0.2, -0.15) is 16.9 Å². The van der Waals surface area contributed by atoms with Crippen molar-refractivity contribution in [3.05, 3.63) is 99.0 Å². The predicted octanol–water partition coefficient (Wildman–Crippen LogP) is 5.39. The number of nitrogens with zero attached hydrogens (tertiary/aromatic N) is 1. The first-order valence-corrected chi connectivity index (χ1v) is 12.7. The van der Waals surface area contributed by atoms with E-state index in [4.69, 9.17) is 5.11 Å². The van der Waals surface area contributed by atoms with E-state index < -0.39 is 5.91 Å². The molecule has 34 heavy (non-hydrogen) atoms. The van der Waals surface area contributed by atoms with Gasteiger partial charge in [-0.3, -0.25) is 9.59 Å². The number of hydrazone groups is 1. The quantitative estimate of drug-likeness (QED) is 0.183. The summed E-state index contributed by atoms with van der Waals surface area (Å²) in [5.41, 5.74) is 6.81. The highest BCUT2D eigenvalue weighted by Crippen LogP contribution is 2.22. The van der Waals surface area contributed by atoms with Crippen molar-refractivity contribution in [3.8, 4) is 0 Å². The number of nitrogens with one attached hydrogen (secondary N) is 2. The summed E-state index contributed by atoms with van der Waals surface area (Å²) < 4.78 is 0.709. The van der Waals surface area contributed by atoms with Gasteiger partial charge in [0, 0.05) is 22.4 Å². The van der Waals surface area contributed by atoms with Crippen LogP contribution in [0.5, 0.6) is 0 Å². The fraction of sp³-hybridized carbons (Fsp3) is 0.192. The molecule has 0 aliphatic rings. The zero-order valence-corrected chi connectivity index (χ0v) is 21.2. The minimum Gasteiger partial charge on any atom is -0.396 e. The summed E-state index contributed by atoms with van der Waals surface area (Å²) in [7, 11) is 0. The first-order chi connectivity index (χ1) is 16.5. The Labute approximate surface area is 212 Å². The molecule has 176 valence electrons. The second-order valence-corrected chi connectivity index (χ2v) is 9.60. The molecule has 0 saturated carbocycles. The SMILES string of the molecule is Cc1ccc(C=NNC(=O)c2cc(Br)ccc2NC(=O)c2ccc(CSCCCO)cc2)cc1. The number of hydrogen-bond donors (Lipinski definition) is 3. The Hall–Kier alpha value is -2.94. The minimum atomic E-state index is -0.435. The summed E-state index contributed by atoms with van der Waals surface area (Å²) in [6.07, 6.45) is 2.34. The molecule has 0 fully saturated rings. The molecule has 3 aromatic carbocycles. The van der Waals surface area contributed by atoms with E-state index in [1.54, 1.807) is 48.3 Å². The summed E-state index contributed by atoms with van der Waals surface area (Å²) in [5, 5.41) is 15.7. The van der Waals surface area contributed by atoms with E-state index in [0.717, 1.165) is 34.6 Å². The Balaban J connectivity index is 1.65. The topological polar surface area (TPSA) is 90.8 Å². The third kappa shape index (κ3) is 7.83. The van der Waals surface area contributed by atoms with Crippen molar-refractivity contribution in [2.75, 3.05) is 17.7 Å². The molecule has 0 radical (unpaired) electrons. The second-order valence-electron chi connectivity index (χ2n) is 7.58. The number of hydrogen-bond acceptors (Lipinski definition) is 5. The predicted molar refractivity (Wildman–Crippen MR) is 143 cm³/mol. The van der Waals surface area contributed by atoms with E-state index in [2.05, 4.69) is 31.8 Å². The van der Waals surface area contributed by atoms with Gasteiger partial charge in [-0.05, 0) is 60.6 Å². The molecular formula is C26H26BrN3O3S. The van der Waals surface area contributed by atoms with Crippen molar-refractivity contribution >= 4 is 51.4 Å². The van der Waals surface area contributed by atoms with E-state index in [-0.39, 0.29) is 12.5 Å². The Morgan fingerprint density at radius 2 is 1.76 bits per heavy atom. The number of thioether (sulfide) groups is 1. The molecule has 2 amide bonds. The zero-order chi connectivity index (χ0) is 24.3. The van der Waals surface area contributed by atoms with Gasteiger partial charge in [-0.15, -0.1) is 0 Å². The molecule has 0 heterocycles. The first-order valence-electron chi connectivity index (χ1n) is 10.7. The van der Waals surface area contributed by atoms with Crippen LogP contribution in [0.1, 0.15) is 43.8 Å². The van der Waals surface area contributed by atoms with Gasteiger partial charge in [0.1, 0.15) is 0 Å². The van der Waals surface area contributed by atoms with Gasteiger partial charge < -0.3 is 10.4 Å². The summed E-state index contributed by atoms with van der Waals surface area (Å²) in [6, 6.07) is 20.2. The van der Waals surface area contributed by atoms with Crippen LogP contribution >= 0.6 is 27.7 Å². The maximum absolute atomic E-state index is 12.8. The Morgan fingerprint density at radius 3 is 2.47 bits per heavy atom. The normalized spacial score (nSPS) is 10.9. The average molecular weight is 540 g/mol. The molecular weight excluding hydrogens is 514 g/mol. The van der Waals surface area contributed by atoms with Crippen LogP contribution in [0, 0.1) is 6.92 Å². The number of aryl methyl sites for hydroxylation is 1. The number of amides is 2. The second kappa shape index (κ2) is 13.1. The van der Waals surface area contributed by atoms with Crippen molar-refractivity contribution in [1.82, 2.24) is 5.43 Å². The summed E-state index contributed by atoms with van der Waals surface area (Å²) in [4.78, 5) is 25.6. The van der Waals surface area contributed by atoms with Gasteiger partial charge in [0.05, 0.1) is 17.5 Å². The molecule has 6 nitrogen and oxygen atoms in total. The molecule has 0 aliphatic heterocycles. The highest BCUT2D eigenvalue weighted by Gasteiger charge is 2.15. The Kier molecular flexibility index (Phi) is 9.88. The van der Waals surface area contributed by atoms with E-state index in [1.807, 2.05) is 43.3 Å². The Bertz CT molecular complexity index is 1150. The van der Waals surface area contributed by atoms with Crippen LogP contribution in [0.4, 0.5) is 5.69 Å². The summed E-state index contributed by atoms with van der Waals surface area (Å²) in [5.74, 6) is 0.971. The van der Waals surface area contributed by atoms with Gasteiger partial charge in [-0.25, -0.2) is 5.43 Å². The average Bonchev–Trinajstić information content (AvgIpc) is 2.84. The molecule has 0 unspecified atom stereocenters. The van der Waals surface area contributed by atoms with E-state index in [1.165, 1.54) is 0 Å². The third-order valence-electron chi connectivity index (χ3n) is 4.86. The van der Waals surface area contributed by atoms with Gasteiger partial charge in [-0.1, -0.05) is 57.9 Å². The molecule has 8 heteroatoms. The fourth-order valence-corrected chi connectivity index (χ4v) is 4.26. The van der Waals surface area contributed by atoms with Gasteiger partial charge in [0.2, 0.25) is 0 Å². The number of anilines is 1. The first kappa shape index (κ1) is 25.7. The van der Waals surface area contributed by atoms with Crippen LogP contribution in [0.25, 0.3) is 0 Å². The van der Waals surface area contributed by atoms with E-state index in [0.29, 0.717) is 21.3 Å². The van der Waals surface area contributed by atoms with E-state index >= 15 is 0 Å². The van der Waals surface area contributed by atoms with Crippen LogP contribution in [-0.2, 0) is 5.75 Å². The van der Waals surface area contributed by atoms with Crippen molar-refractivity contribution in [2.24, 2.45) is 5.10 Å².